The lowest BCUT2D eigenvalue weighted by atomic mass is 10.0. The van der Waals surface area contributed by atoms with Crippen molar-refractivity contribution in [2.45, 2.75) is 39.2 Å². The van der Waals surface area contributed by atoms with Crippen molar-refractivity contribution in [3.05, 3.63) is 22.4 Å². The lowest BCUT2D eigenvalue weighted by molar-refractivity contribution is 0.163. The third kappa shape index (κ3) is 6.59. The third-order valence-electron chi connectivity index (χ3n) is 3.04. The van der Waals surface area contributed by atoms with E-state index in [0.717, 1.165) is 0 Å². The van der Waals surface area contributed by atoms with E-state index in [1.54, 1.807) is 18.3 Å². The first-order valence-corrected chi connectivity index (χ1v) is 7.65. The van der Waals surface area contributed by atoms with Crippen LogP contribution in [0.2, 0.25) is 0 Å². The Morgan fingerprint density at radius 1 is 1.32 bits per heavy atom. The van der Waals surface area contributed by atoms with Gasteiger partial charge in [-0.15, -0.1) is 0 Å². The fourth-order valence-electron chi connectivity index (χ4n) is 1.91. The van der Waals surface area contributed by atoms with E-state index in [1.807, 2.05) is 12.3 Å². The molecule has 3 unspecified atom stereocenters. The van der Waals surface area contributed by atoms with Crippen LogP contribution < -0.4 is 10.6 Å². The van der Waals surface area contributed by atoms with Crippen LogP contribution in [0.5, 0.6) is 0 Å². The van der Waals surface area contributed by atoms with Gasteiger partial charge in [-0.05, 0) is 47.6 Å². The van der Waals surface area contributed by atoms with Crippen LogP contribution in [0.3, 0.4) is 0 Å². The maximum Gasteiger partial charge on any atom is 0.314 e. The molecule has 0 bridgehead atoms. The molecule has 0 fully saturated rings. The fraction of sp³-hybridized carbons (Fsp3) is 0.643. The van der Waals surface area contributed by atoms with Crippen molar-refractivity contribution >= 4 is 17.4 Å². The van der Waals surface area contributed by atoms with Crippen LogP contribution in [0.25, 0.3) is 0 Å². The number of thiophene rings is 1. The summed E-state index contributed by atoms with van der Waals surface area (Å²) < 4.78 is 0. The van der Waals surface area contributed by atoms with Crippen LogP contribution in [0.1, 0.15) is 38.7 Å². The summed E-state index contributed by atoms with van der Waals surface area (Å²) in [6.07, 6.45) is 0.379. The predicted molar refractivity (Wildman–Crippen MR) is 79.6 cm³/mol. The Labute approximate surface area is 119 Å². The summed E-state index contributed by atoms with van der Waals surface area (Å²) in [6.45, 7) is 7.09. The summed E-state index contributed by atoms with van der Waals surface area (Å²) >= 11 is 1.67. The summed E-state index contributed by atoms with van der Waals surface area (Å²) in [6, 6.07) is 1.94. The van der Waals surface area contributed by atoms with E-state index >= 15 is 0 Å². The van der Waals surface area contributed by atoms with Crippen molar-refractivity contribution in [3.63, 3.8) is 0 Å². The molecule has 3 N–H and O–H groups in total. The van der Waals surface area contributed by atoms with Crippen molar-refractivity contribution < 1.29 is 9.90 Å². The van der Waals surface area contributed by atoms with Gasteiger partial charge in [-0.25, -0.2) is 4.79 Å². The van der Waals surface area contributed by atoms with Crippen LogP contribution in [0.4, 0.5) is 4.79 Å². The number of rotatable bonds is 7. The topological polar surface area (TPSA) is 61.4 Å². The Morgan fingerprint density at radius 2 is 2.00 bits per heavy atom. The number of hydrogen-bond donors (Lipinski definition) is 3. The minimum atomic E-state index is -0.321. The zero-order chi connectivity index (χ0) is 14.3. The van der Waals surface area contributed by atoms with Crippen molar-refractivity contribution in [1.29, 1.82) is 0 Å². The molecular formula is C14H24N2O2S. The van der Waals surface area contributed by atoms with E-state index in [2.05, 4.69) is 29.0 Å². The molecule has 0 aliphatic heterocycles. The van der Waals surface area contributed by atoms with Gasteiger partial charge in [-0.2, -0.15) is 11.3 Å². The van der Waals surface area contributed by atoms with Crippen LogP contribution in [0.15, 0.2) is 16.8 Å². The molecule has 0 aromatic carbocycles. The summed E-state index contributed by atoms with van der Waals surface area (Å²) in [4.78, 5) is 11.6. The zero-order valence-corrected chi connectivity index (χ0v) is 12.7. The van der Waals surface area contributed by atoms with Gasteiger partial charge in [0.1, 0.15) is 0 Å². The molecule has 3 atom stereocenters. The molecule has 0 aliphatic carbocycles. The molecule has 1 rings (SSSR count). The molecular weight excluding hydrogens is 260 g/mol. The van der Waals surface area contributed by atoms with Gasteiger partial charge in [0.25, 0.3) is 0 Å². The highest BCUT2D eigenvalue weighted by atomic mass is 32.1. The Balaban J connectivity index is 2.17. The van der Waals surface area contributed by atoms with Gasteiger partial charge < -0.3 is 15.7 Å². The lowest BCUT2D eigenvalue weighted by Gasteiger charge is -2.16. The monoisotopic (exact) mass is 284 g/mol. The Hall–Kier alpha value is -1.07. The minimum Gasteiger partial charge on any atom is -0.393 e. The van der Waals surface area contributed by atoms with Crippen molar-refractivity contribution in [2.24, 2.45) is 5.92 Å². The number of hydrogen-bond acceptors (Lipinski definition) is 3. The number of carbonyl (C=O) groups is 1. The van der Waals surface area contributed by atoms with E-state index in [-0.39, 0.29) is 18.1 Å². The van der Waals surface area contributed by atoms with Gasteiger partial charge in [0.05, 0.1) is 6.10 Å². The molecule has 0 saturated carbocycles. The van der Waals surface area contributed by atoms with Crippen LogP contribution in [-0.2, 0) is 0 Å². The van der Waals surface area contributed by atoms with Crippen molar-refractivity contribution in [1.82, 2.24) is 10.6 Å². The van der Waals surface area contributed by atoms with Gasteiger partial charge in [0.15, 0.2) is 0 Å². The van der Waals surface area contributed by atoms with Gasteiger partial charge in [-0.3, -0.25) is 0 Å². The average molecular weight is 284 g/mol. The van der Waals surface area contributed by atoms with Gasteiger partial charge >= 0.3 is 6.03 Å². The highest BCUT2D eigenvalue weighted by molar-refractivity contribution is 7.07. The highest BCUT2D eigenvalue weighted by Gasteiger charge is 2.10. The van der Waals surface area contributed by atoms with Gasteiger partial charge in [0, 0.05) is 13.1 Å². The summed E-state index contributed by atoms with van der Waals surface area (Å²) in [5.41, 5.74) is 1.26. The second-order valence-electron chi connectivity index (χ2n) is 5.24. The molecule has 108 valence electrons. The number of aliphatic hydroxyl groups excluding tert-OH is 1. The quantitative estimate of drug-likeness (QED) is 0.720. The number of nitrogens with one attached hydrogen (secondary N) is 2. The van der Waals surface area contributed by atoms with Crippen LogP contribution in [-0.4, -0.2) is 30.3 Å². The van der Waals surface area contributed by atoms with Gasteiger partial charge in [0.2, 0.25) is 0 Å². The van der Waals surface area contributed by atoms with E-state index in [9.17, 15) is 9.90 Å². The van der Waals surface area contributed by atoms with E-state index in [4.69, 9.17) is 0 Å². The van der Waals surface area contributed by atoms with Gasteiger partial charge in [-0.1, -0.05) is 13.8 Å². The molecule has 4 nitrogen and oxygen atoms in total. The summed E-state index contributed by atoms with van der Waals surface area (Å²) in [7, 11) is 0. The van der Waals surface area contributed by atoms with Crippen LogP contribution >= 0.6 is 11.3 Å². The first-order valence-electron chi connectivity index (χ1n) is 6.71. The second-order valence-corrected chi connectivity index (χ2v) is 6.02. The number of aliphatic hydroxyl groups is 1. The maximum atomic E-state index is 11.6. The minimum absolute atomic E-state index is 0.139. The standard InChI is InChI=1S/C14H24N2O2S/c1-10(6-12(3)17)7-15-14(18)16-8-11(2)13-4-5-19-9-13/h4-5,9-12,17H,6-8H2,1-3H3,(H2,15,16,18). The Morgan fingerprint density at radius 3 is 2.58 bits per heavy atom. The number of urea groups is 1. The number of amides is 2. The summed E-state index contributed by atoms with van der Waals surface area (Å²) in [5.74, 6) is 0.604. The van der Waals surface area contributed by atoms with E-state index < -0.39 is 0 Å². The molecule has 5 heteroatoms. The predicted octanol–water partition coefficient (Wildman–Crippen LogP) is 2.56. The first-order chi connectivity index (χ1) is 8.99. The average Bonchev–Trinajstić information content (AvgIpc) is 2.86. The zero-order valence-electron chi connectivity index (χ0n) is 11.8. The fourth-order valence-corrected chi connectivity index (χ4v) is 2.70. The van der Waals surface area contributed by atoms with E-state index in [1.165, 1.54) is 5.56 Å². The normalized spacial score (nSPS) is 15.6. The third-order valence-corrected chi connectivity index (χ3v) is 3.74. The molecule has 1 aromatic heterocycles. The molecule has 0 spiro atoms. The molecule has 0 aliphatic rings. The van der Waals surface area contributed by atoms with Crippen molar-refractivity contribution in [3.8, 4) is 0 Å². The molecule has 0 radical (unpaired) electrons. The van der Waals surface area contributed by atoms with E-state index in [0.29, 0.717) is 25.4 Å². The molecule has 1 aromatic rings. The maximum absolute atomic E-state index is 11.6. The molecule has 2 amide bonds. The largest absolute Gasteiger partial charge is 0.393 e. The SMILES string of the molecule is CC(O)CC(C)CNC(=O)NCC(C)c1ccsc1. The molecule has 1 heterocycles. The van der Waals surface area contributed by atoms with Crippen LogP contribution in [0, 0.1) is 5.92 Å². The highest BCUT2D eigenvalue weighted by Crippen LogP contribution is 2.16. The first kappa shape index (κ1) is 16.0. The lowest BCUT2D eigenvalue weighted by Crippen LogP contribution is -2.39. The Kier molecular flexibility index (Phi) is 6.87. The number of carbonyl (C=O) groups excluding carboxylic acids is 1. The second kappa shape index (κ2) is 8.17. The molecule has 0 saturated heterocycles. The summed E-state index contributed by atoms with van der Waals surface area (Å²) in [5, 5.41) is 19.1. The Bertz CT molecular complexity index is 366. The van der Waals surface area contributed by atoms with Crippen molar-refractivity contribution in [2.75, 3.05) is 13.1 Å². The molecule has 19 heavy (non-hydrogen) atoms. The smallest absolute Gasteiger partial charge is 0.314 e.